The lowest BCUT2D eigenvalue weighted by atomic mass is 9.54. The molecule has 7 heteroatoms. The molecule has 2 amide bonds. The van der Waals surface area contributed by atoms with Crippen molar-refractivity contribution in [3.05, 3.63) is 101 Å². The number of hydrogen-bond acceptors (Lipinski definition) is 4. The Labute approximate surface area is 206 Å². The maximum absolute atomic E-state index is 13.9. The normalized spacial score (nSPS) is 28.4. The lowest BCUT2D eigenvalue weighted by molar-refractivity contribution is -0.122. The molecule has 0 saturated carbocycles. The van der Waals surface area contributed by atoms with E-state index in [-0.39, 0.29) is 6.61 Å². The van der Waals surface area contributed by atoms with Gasteiger partial charge in [-0.1, -0.05) is 48.5 Å². The summed E-state index contributed by atoms with van der Waals surface area (Å²) in [6.07, 6.45) is 0. The van der Waals surface area contributed by atoms with Gasteiger partial charge in [0.05, 0.1) is 29.7 Å². The van der Waals surface area contributed by atoms with Crippen molar-refractivity contribution in [3.8, 4) is 0 Å². The van der Waals surface area contributed by atoms with E-state index in [1.54, 1.807) is 31.2 Å². The third kappa shape index (κ3) is 2.44. The Hall–Kier alpha value is -3.15. The van der Waals surface area contributed by atoms with Gasteiger partial charge in [-0.2, -0.15) is 0 Å². The molecule has 5 nitrogen and oxygen atoms in total. The number of benzene rings is 3. The van der Waals surface area contributed by atoms with Gasteiger partial charge in [-0.15, -0.1) is 23.2 Å². The first-order valence-corrected chi connectivity index (χ1v) is 11.8. The minimum absolute atomic E-state index is 0.254. The summed E-state index contributed by atoms with van der Waals surface area (Å²) in [5.41, 5.74) is 3.73. The van der Waals surface area contributed by atoms with Gasteiger partial charge in [0, 0.05) is 0 Å². The van der Waals surface area contributed by atoms with Crippen LogP contribution < -0.4 is 4.90 Å². The molecule has 1 fully saturated rings. The number of anilines is 1. The zero-order valence-electron chi connectivity index (χ0n) is 18.1. The van der Waals surface area contributed by atoms with Gasteiger partial charge in [0.1, 0.15) is 9.75 Å². The number of imide groups is 1. The second-order valence-electron chi connectivity index (χ2n) is 8.75. The van der Waals surface area contributed by atoms with E-state index in [9.17, 15) is 14.4 Å². The topological polar surface area (TPSA) is 63.7 Å². The Morgan fingerprint density at radius 2 is 1.21 bits per heavy atom. The summed E-state index contributed by atoms with van der Waals surface area (Å²) in [5.74, 6) is -3.00. The quantitative estimate of drug-likeness (QED) is 0.295. The van der Waals surface area contributed by atoms with Crippen LogP contribution in [0.5, 0.6) is 0 Å². The van der Waals surface area contributed by atoms with Crippen LogP contribution in [-0.2, 0) is 24.1 Å². The number of esters is 1. The maximum Gasteiger partial charge on any atom is 0.338 e. The fourth-order valence-corrected chi connectivity index (χ4v) is 6.98. The SMILES string of the molecule is CCOC(=O)c1ccc(N2C(=O)[C@@H]3[C@@H](C2=O)C2(Cl)c4ccccc4C3(Cl)c3ccccc32)cc1. The van der Waals surface area contributed by atoms with Crippen molar-refractivity contribution in [3.63, 3.8) is 0 Å². The van der Waals surface area contributed by atoms with E-state index < -0.39 is 39.4 Å². The third-order valence-electron chi connectivity index (χ3n) is 7.22. The van der Waals surface area contributed by atoms with Crippen molar-refractivity contribution in [1.82, 2.24) is 0 Å². The average molecular weight is 492 g/mol. The van der Waals surface area contributed by atoms with Gasteiger partial charge in [0.2, 0.25) is 11.8 Å². The van der Waals surface area contributed by atoms with Crippen LogP contribution in [0.25, 0.3) is 0 Å². The number of carbonyl (C=O) groups is 3. The van der Waals surface area contributed by atoms with E-state index in [1.807, 2.05) is 48.5 Å². The molecule has 3 aliphatic carbocycles. The summed E-state index contributed by atoms with van der Waals surface area (Å²) in [5, 5.41) is 0. The lowest BCUT2D eigenvalue weighted by Gasteiger charge is -2.54. The highest BCUT2D eigenvalue weighted by Gasteiger charge is 2.73. The number of alkyl halides is 2. The summed E-state index contributed by atoms with van der Waals surface area (Å²) in [7, 11) is 0. The molecule has 0 N–H and O–H groups in total. The lowest BCUT2D eigenvalue weighted by Crippen LogP contribution is -2.57. The minimum Gasteiger partial charge on any atom is -0.462 e. The molecule has 0 unspecified atom stereocenters. The Kier molecular flexibility index (Phi) is 4.51. The first-order valence-electron chi connectivity index (χ1n) is 11.1. The maximum atomic E-state index is 13.9. The number of halogens is 2. The number of amides is 2. The Bertz CT molecular complexity index is 1260. The molecule has 0 radical (unpaired) electrons. The van der Waals surface area contributed by atoms with Gasteiger partial charge in [-0.25, -0.2) is 9.69 Å². The zero-order valence-corrected chi connectivity index (χ0v) is 19.6. The summed E-state index contributed by atoms with van der Waals surface area (Å²) in [4.78, 5) is 38.6. The molecule has 1 aliphatic heterocycles. The molecule has 34 heavy (non-hydrogen) atoms. The Balaban J connectivity index is 1.52. The number of carbonyl (C=O) groups excluding carboxylic acids is 3. The highest BCUT2D eigenvalue weighted by Crippen LogP contribution is 2.69. The van der Waals surface area contributed by atoms with Crippen LogP contribution in [0.2, 0.25) is 0 Å². The predicted octanol–water partition coefficient (Wildman–Crippen LogP) is 4.96. The first-order chi connectivity index (χ1) is 16.3. The van der Waals surface area contributed by atoms with E-state index in [4.69, 9.17) is 27.9 Å². The van der Waals surface area contributed by atoms with Crippen LogP contribution in [0.1, 0.15) is 39.5 Å². The molecule has 2 bridgehead atoms. The second kappa shape index (κ2) is 7.17. The van der Waals surface area contributed by atoms with Gasteiger partial charge in [0.15, 0.2) is 0 Å². The highest BCUT2D eigenvalue weighted by atomic mass is 35.5. The molecule has 3 aromatic rings. The summed E-state index contributed by atoms with van der Waals surface area (Å²) >= 11 is 14.8. The average Bonchev–Trinajstić information content (AvgIpc) is 3.14. The van der Waals surface area contributed by atoms with Crippen LogP contribution in [0.3, 0.4) is 0 Å². The number of rotatable bonds is 3. The molecular formula is C27H19Cl2NO4. The van der Waals surface area contributed by atoms with E-state index in [2.05, 4.69) is 0 Å². The molecule has 2 atom stereocenters. The van der Waals surface area contributed by atoms with Gasteiger partial charge in [-0.05, 0) is 53.4 Å². The van der Waals surface area contributed by atoms with Gasteiger partial charge < -0.3 is 4.74 Å². The van der Waals surface area contributed by atoms with Crippen molar-refractivity contribution in [1.29, 1.82) is 0 Å². The van der Waals surface area contributed by atoms with Crippen molar-refractivity contribution < 1.29 is 19.1 Å². The van der Waals surface area contributed by atoms with E-state index in [1.165, 1.54) is 0 Å². The minimum atomic E-state index is -1.22. The van der Waals surface area contributed by atoms with Crippen LogP contribution in [-0.4, -0.2) is 24.4 Å². The number of hydrogen-bond donors (Lipinski definition) is 0. The highest BCUT2D eigenvalue weighted by molar-refractivity contribution is 6.38. The molecule has 1 saturated heterocycles. The smallest absolute Gasteiger partial charge is 0.338 e. The Morgan fingerprint density at radius 1 is 0.794 bits per heavy atom. The molecule has 3 aromatic carbocycles. The van der Waals surface area contributed by atoms with Crippen LogP contribution >= 0.6 is 23.2 Å². The third-order valence-corrected chi connectivity index (χ3v) is 8.51. The van der Waals surface area contributed by atoms with Crippen molar-refractivity contribution in [2.24, 2.45) is 11.8 Å². The summed E-state index contributed by atoms with van der Waals surface area (Å²) in [6, 6.07) is 21.3. The first kappa shape index (κ1) is 21.4. The molecule has 0 spiro atoms. The second-order valence-corrected chi connectivity index (χ2v) is 9.94. The van der Waals surface area contributed by atoms with Crippen molar-refractivity contribution in [2.75, 3.05) is 11.5 Å². The molecular weight excluding hydrogens is 473 g/mol. The molecule has 7 rings (SSSR count). The standard InChI is InChI=1S/C27H19Cl2NO4/c1-2-34-25(33)15-11-13-16(14-12-15)30-23(31)21-22(24(30)32)27(29)18-8-4-3-7-17(18)26(21,28)19-9-5-6-10-20(19)27/h3-14,21-22H,2H2,1H3/t21-,22-,26?,27?/m0/s1. The van der Waals surface area contributed by atoms with Gasteiger partial charge in [-0.3, -0.25) is 9.59 Å². The van der Waals surface area contributed by atoms with Crippen LogP contribution in [0, 0.1) is 11.8 Å². The number of ether oxygens (including phenoxy) is 1. The molecule has 170 valence electrons. The number of nitrogens with zero attached hydrogens (tertiary/aromatic N) is 1. The molecule has 1 heterocycles. The van der Waals surface area contributed by atoms with E-state index >= 15 is 0 Å². The van der Waals surface area contributed by atoms with Gasteiger partial charge >= 0.3 is 5.97 Å². The molecule has 0 aromatic heterocycles. The van der Waals surface area contributed by atoms with Crippen molar-refractivity contribution in [2.45, 2.75) is 16.7 Å². The summed E-state index contributed by atoms with van der Waals surface area (Å²) in [6.45, 7) is 1.98. The van der Waals surface area contributed by atoms with Gasteiger partial charge in [0.25, 0.3) is 0 Å². The predicted molar refractivity (Wildman–Crippen MR) is 128 cm³/mol. The van der Waals surface area contributed by atoms with E-state index in [0.717, 1.165) is 27.2 Å². The molecule has 4 aliphatic rings. The largest absolute Gasteiger partial charge is 0.462 e. The van der Waals surface area contributed by atoms with Crippen molar-refractivity contribution >= 4 is 46.7 Å². The van der Waals surface area contributed by atoms with Crippen LogP contribution in [0.15, 0.2) is 72.8 Å². The Morgan fingerprint density at radius 3 is 1.59 bits per heavy atom. The van der Waals surface area contributed by atoms with E-state index in [0.29, 0.717) is 11.3 Å². The zero-order chi connectivity index (χ0) is 23.8. The van der Waals surface area contributed by atoms with Crippen LogP contribution in [0.4, 0.5) is 5.69 Å². The monoisotopic (exact) mass is 491 g/mol. The fourth-order valence-electron chi connectivity index (χ4n) is 5.88. The fraction of sp³-hybridized carbons (Fsp3) is 0.222. The summed E-state index contributed by atoms with van der Waals surface area (Å²) < 4.78 is 5.03.